The van der Waals surface area contributed by atoms with E-state index in [0.29, 0.717) is 41.4 Å². The Morgan fingerprint density at radius 1 is 1.21 bits per heavy atom. The minimum atomic E-state index is -0.763. The second-order valence-corrected chi connectivity index (χ2v) is 9.76. The molecule has 174 valence electrons. The first-order chi connectivity index (χ1) is 16.0. The Bertz CT molecular complexity index is 1160. The molecular formula is C24H26ClN3O4S. The summed E-state index contributed by atoms with van der Waals surface area (Å²) in [7, 11) is 0. The average molecular weight is 488 g/mol. The summed E-state index contributed by atoms with van der Waals surface area (Å²) in [5, 5.41) is 1.30. The normalized spacial score (nSPS) is 20.7. The molecule has 0 N–H and O–H groups in total. The molecule has 2 unspecified atom stereocenters. The summed E-state index contributed by atoms with van der Waals surface area (Å²) in [5.41, 5.74) is 1.85. The van der Waals surface area contributed by atoms with Gasteiger partial charge in [-0.3, -0.25) is 14.6 Å². The summed E-state index contributed by atoms with van der Waals surface area (Å²) in [6.45, 7) is 8.19. The summed E-state index contributed by atoms with van der Waals surface area (Å²) in [4.78, 5) is 22.7. The molecule has 1 aromatic heterocycles. The van der Waals surface area contributed by atoms with Gasteiger partial charge < -0.3 is 14.2 Å². The van der Waals surface area contributed by atoms with E-state index in [9.17, 15) is 4.79 Å². The van der Waals surface area contributed by atoms with Crippen LogP contribution in [0.15, 0.2) is 36.4 Å². The molecule has 3 heterocycles. The monoisotopic (exact) mass is 487 g/mol. The lowest BCUT2D eigenvalue weighted by molar-refractivity contribution is -0.130. The van der Waals surface area contributed by atoms with Gasteiger partial charge in [-0.2, -0.15) is 0 Å². The standard InChI is InChI=1S/C24H26ClN3O4S/c1-15-13-17(25)14-20-21(15)26-24(33-20)28(8-7-27-9-11-30-12-10-27)23(29)22-16(2)31-18-5-3-4-6-19(18)32-22/h3-6,13-14,16,22H,7-12H2,1-2H3. The maximum absolute atomic E-state index is 13.8. The molecule has 0 spiro atoms. The van der Waals surface area contributed by atoms with Crippen LogP contribution in [0.2, 0.25) is 5.02 Å². The van der Waals surface area contributed by atoms with Crippen LogP contribution in [0.5, 0.6) is 11.5 Å². The highest BCUT2D eigenvalue weighted by atomic mass is 35.5. The van der Waals surface area contributed by atoms with Gasteiger partial charge in [0.1, 0.15) is 6.10 Å². The van der Waals surface area contributed by atoms with Gasteiger partial charge in [-0.25, -0.2) is 4.98 Å². The van der Waals surface area contributed by atoms with E-state index in [4.69, 9.17) is 30.8 Å². The number of rotatable bonds is 5. The number of nitrogens with zero attached hydrogens (tertiary/aromatic N) is 3. The van der Waals surface area contributed by atoms with E-state index in [1.807, 2.05) is 50.2 Å². The van der Waals surface area contributed by atoms with Crippen LogP contribution >= 0.6 is 22.9 Å². The third-order valence-electron chi connectivity index (χ3n) is 5.97. The highest BCUT2D eigenvalue weighted by molar-refractivity contribution is 7.22. The fourth-order valence-electron chi connectivity index (χ4n) is 4.17. The summed E-state index contributed by atoms with van der Waals surface area (Å²) in [6, 6.07) is 11.2. The summed E-state index contributed by atoms with van der Waals surface area (Å²) >= 11 is 7.74. The first-order valence-corrected chi connectivity index (χ1v) is 12.3. The largest absolute Gasteiger partial charge is 0.482 e. The van der Waals surface area contributed by atoms with Crippen LogP contribution in [0.25, 0.3) is 10.2 Å². The summed E-state index contributed by atoms with van der Waals surface area (Å²) in [5.74, 6) is 1.07. The Morgan fingerprint density at radius 3 is 2.70 bits per heavy atom. The second kappa shape index (κ2) is 9.46. The number of thiazole rings is 1. The molecule has 2 aliphatic heterocycles. The van der Waals surface area contributed by atoms with Gasteiger partial charge in [0.2, 0.25) is 6.10 Å². The molecule has 2 aromatic carbocycles. The van der Waals surface area contributed by atoms with Crippen LogP contribution in [0.1, 0.15) is 12.5 Å². The van der Waals surface area contributed by atoms with Crippen molar-refractivity contribution in [2.24, 2.45) is 0 Å². The maximum atomic E-state index is 13.8. The van der Waals surface area contributed by atoms with Crippen LogP contribution in [-0.2, 0) is 9.53 Å². The third kappa shape index (κ3) is 4.66. The molecule has 1 saturated heterocycles. The number of amides is 1. The van der Waals surface area contributed by atoms with Crippen LogP contribution in [0, 0.1) is 6.92 Å². The number of morpholine rings is 1. The third-order valence-corrected chi connectivity index (χ3v) is 7.21. The minimum Gasteiger partial charge on any atom is -0.482 e. The number of aryl methyl sites for hydroxylation is 1. The second-order valence-electron chi connectivity index (χ2n) is 8.32. The lowest BCUT2D eigenvalue weighted by Gasteiger charge is -2.35. The van der Waals surface area contributed by atoms with Gasteiger partial charge in [0, 0.05) is 31.2 Å². The van der Waals surface area contributed by atoms with Crippen LogP contribution in [-0.4, -0.2) is 67.4 Å². The Kier molecular flexibility index (Phi) is 6.42. The lowest BCUT2D eigenvalue weighted by Crippen LogP contribution is -2.52. The molecule has 2 atom stereocenters. The molecular weight excluding hydrogens is 462 g/mol. The van der Waals surface area contributed by atoms with Crippen molar-refractivity contribution in [3.05, 3.63) is 47.0 Å². The van der Waals surface area contributed by atoms with E-state index in [-0.39, 0.29) is 5.91 Å². The number of aromatic nitrogens is 1. The van der Waals surface area contributed by atoms with Crippen molar-refractivity contribution in [2.75, 3.05) is 44.3 Å². The zero-order valence-corrected chi connectivity index (χ0v) is 20.2. The van der Waals surface area contributed by atoms with E-state index in [2.05, 4.69) is 4.90 Å². The van der Waals surface area contributed by atoms with Crippen LogP contribution in [0.4, 0.5) is 5.13 Å². The van der Waals surface area contributed by atoms with E-state index in [1.165, 1.54) is 11.3 Å². The molecule has 7 nitrogen and oxygen atoms in total. The number of ether oxygens (including phenoxy) is 3. The number of para-hydroxylation sites is 2. The van der Waals surface area contributed by atoms with Crippen molar-refractivity contribution in [1.29, 1.82) is 0 Å². The highest BCUT2D eigenvalue weighted by Gasteiger charge is 2.38. The lowest BCUT2D eigenvalue weighted by atomic mass is 10.1. The molecule has 0 radical (unpaired) electrons. The van der Waals surface area contributed by atoms with E-state index in [1.54, 1.807) is 4.90 Å². The number of carbonyl (C=O) groups excluding carboxylic acids is 1. The van der Waals surface area contributed by atoms with E-state index >= 15 is 0 Å². The Hall–Kier alpha value is -2.39. The van der Waals surface area contributed by atoms with Gasteiger partial charge in [-0.1, -0.05) is 35.1 Å². The highest BCUT2D eigenvalue weighted by Crippen LogP contribution is 2.36. The zero-order chi connectivity index (χ0) is 22.9. The molecule has 1 fully saturated rings. The van der Waals surface area contributed by atoms with E-state index in [0.717, 1.165) is 35.4 Å². The van der Waals surface area contributed by atoms with Gasteiger partial charge in [0.25, 0.3) is 5.91 Å². The zero-order valence-electron chi connectivity index (χ0n) is 18.6. The van der Waals surface area contributed by atoms with Crippen molar-refractivity contribution in [2.45, 2.75) is 26.1 Å². The molecule has 9 heteroatoms. The van der Waals surface area contributed by atoms with Gasteiger partial charge in [0.05, 0.1) is 23.4 Å². The molecule has 1 amide bonds. The molecule has 2 aliphatic rings. The average Bonchev–Trinajstić information content (AvgIpc) is 3.23. The SMILES string of the molecule is Cc1cc(Cl)cc2sc(N(CCN3CCOCC3)C(=O)C3Oc4ccccc4OC3C)nc12. The maximum Gasteiger partial charge on any atom is 0.273 e. The molecule has 3 aromatic rings. The number of hydrogen-bond donors (Lipinski definition) is 0. The quantitative estimate of drug-likeness (QED) is 0.538. The Balaban J connectivity index is 1.45. The number of hydrogen-bond acceptors (Lipinski definition) is 7. The topological polar surface area (TPSA) is 64.1 Å². The van der Waals surface area contributed by atoms with Crippen molar-refractivity contribution < 1.29 is 19.0 Å². The van der Waals surface area contributed by atoms with Crippen molar-refractivity contribution in [3.63, 3.8) is 0 Å². The van der Waals surface area contributed by atoms with Gasteiger partial charge in [-0.05, 0) is 43.7 Å². The number of carbonyl (C=O) groups is 1. The van der Waals surface area contributed by atoms with Gasteiger partial charge in [0.15, 0.2) is 16.6 Å². The smallest absolute Gasteiger partial charge is 0.273 e. The number of anilines is 1. The Labute approximate surface area is 201 Å². The molecule has 0 saturated carbocycles. The van der Waals surface area contributed by atoms with Crippen LogP contribution < -0.4 is 14.4 Å². The molecule has 0 bridgehead atoms. The first-order valence-electron chi connectivity index (χ1n) is 11.1. The first kappa shape index (κ1) is 22.4. The molecule has 5 rings (SSSR count). The predicted octanol–water partition coefficient (Wildman–Crippen LogP) is 4.15. The summed E-state index contributed by atoms with van der Waals surface area (Å²) in [6.07, 6.45) is -1.19. The van der Waals surface area contributed by atoms with Gasteiger partial charge >= 0.3 is 0 Å². The van der Waals surface area contributed by atoms with Crippen LogP contribution in [0.3, 0.4) is 0 Å². The fourth-order valence-corrected chi connectivity index (χ4v) is 5.62. The predicted molar refractivity (Wildman–Crippen MR) is 130 cm³/mol. The van der Waals surface area contributed by atoms with Crippen molar-refractivity contribution in [3.8, 4) is 11.5 Å². The van der Waals surface area contributed by atoms with Crippen molar-refractivity contribution >= 4 is 44.2 Å². The molecule has 33 heavy (non-hydrogen) atoms. The fraction of sp³-hybridized carbons (Fsp3) is 0.417. The van der Waals surface area contributed by atoms with Gasteiger partial charge in [-0.15, -0.1) is 0 Å². The summed E-state index contributed by atoms with van der Waals surface area (Å²) < 4.78 is 18.5. The van der Waals surface area contributed by atoms with E-state index < -0.39 is 12.2 Å². The number of halogens is 1. The number of benzene rings is 2. The minimum absolute atomic E-state index is 0.159. The molecule has 0 aliphatic carbocycles. The van der Waals surface area contributed by atoms with Crippen molar-refractivity contribution in [1.82, 2.24) is 9.88 Å². The Morgan fingerprint density at radius 2 is 1.94 bits per heavy atom. The number of fused-ring (bicyclic) bond motifs is 2.